The second-order valence-corrected chi connectivity index (χ2v) is 10.3. The third-order valence-electron chi connectivity index (χ3n) is 7.92. The number of pyridine rings is 2. The van der Waals surface area contributed by atoms with Crippen molar-refractivity contribution in [1.29, 1.82) is 0 Å². The molecule has 0 N–H and O–H groups in total. The Labute approximate surface area is 234 Å². The van der Waals surface area contributed by atoms with Gasteiger partial charge in [-0.15, -0.1) is 0 Å². The lowest BCUT2D eigenvalue weighted by Crippen LogP contribution is -1.92. The molecular formula is C38H28N2. The molecule has 2 aromatic heterocycles. The zero-order valence-corrected chi connectivity index (χ0v) is 22.6. The molecule has 2 heterocycles. The topological polar surface area (TPSA) is 25.8 Å². The fourth-order valence-corrected chi connectivity index (χ4v) is 5.96. The van der Waals surface area contributed by atoms with Gasteiger partial charge < -0.3 is 0 Å². The third-order valence-corrected chi connectivity index (χ3v) is 7.92. The molecule has 7 aromatic rings. The molecule has 0 radical (unpaired) electrons. The lowest BCUT2D eigenvalue weighted by molar-refractivity contribution is 1.20. The number of nitrogens with zero attached hydrogens (tertiary/aromatic N) is 2. The summed E-state index contributed by atoms with van der Waals surface area (Å²) in [5.74, 6) is 0. The average Bonchev–Trinajstić information content (AvgIpc) is 3.00. The summed E-state index contributed by atoms with van der Waals surface area (Å²) in [6.07, 6.45) is 5.66. The maximum atomic E-state index is 4.48. The molecule has 0 aliphatic carbocycles. The number of aryl methyl sites for hydroxylation is 2. The van der Waals surface area contributed by atoms with Crippen LogP contribution in [0.5, 0.6) is 0 Å². The minimum absolute atomic E-state index is 1.04. The first-order chi connectivity index (χ1) is 19.7. The molecule has 2 nitrogen and oxygen atoms in total. The number of hydrogen-bond acceptors (Lipinski definition) is 2. The van der Waals surface area contributed by atoms with Crippen LogP contribution in [0.1, 0.15) is 11.3 Å². The van der Waals surface area contributed by atoms with Crippen LogP contribution < -0.4 is 0 Å². The van der Waals surface area contributed by atoms with Crippen molar-refractivity contribution < 1.29 is 0 Å². The Hall–Kier alpha value is -5.08. The second-order valence-electron chi connectivity index (χ2n) is 10.3. The number of rotatable bonds is 4. The SMILES string of the molecule is Cc1ccncc1-c1cccc(-c2c3ccccc3c(-c3ccc(-c4cccnc4C)cc3)c3ccccc23)c1. The van der Waals surface area contributed by atoms with E-state index in [2.05, 4.69) is 133 Å². The summed E-state index contributed by atoms with van der Waals surface area (Å²) in [7, 11) is 0. The lowest BCUT2D eigenvalue weighted by atomic mass is 9.85. The van der Waals surface area contributed by atoms with Crippen LogP contribution in [-0.4, -0.2) is 9.97 Å². The molecule has 0 amide bonds. The van der Waals surface area contributed by atoms with Crippen molar-refractivity contribution >= 4 is 21.5 Å². The Balaban J connectivity index is 1.46. The first-order valence-corrected chi connectivity index (χ1v) is 13.7. The number of aromatic nitrogens is 2. The summed E-state index contributed by atoms with van der Waals surface area (Å²) >= 11 is 0. The van der Waals surface area contributed by atoms with Gasteiger partial charge in [-0.1, -0.05) is 97.1 Å². The van der Waals surface area contributed by atoms with E-state index in [9.17, 15) is 0 Å². The van der Waals surface area contributed by atoms with Gasteiger partial charge in [0.25, 0.3) is 0 Å². The summed E-state index contributed by atoms with van der Waals surface area (Å²) in [6.45, 7) is 4.21. The first kappa shape index (κ1) is 24.0. The van der Waals surface area contributed by atoms with E-state index in [4.69, 9.17) is 0 Å². The highest BCUT2D eigenvalue weighted by molar-refractivity contribution is 6.21. The van der Waals surface area contributed by atoms with Crippen LogP contribution in [0.25, 0.3) is 66.1 Å². The van der Waals surface area contributed by atoms with Gasteiger partial charge in [-0.05, 0) is 92.5 Å². The number of benzene rings is 5. The fourth-order valence-electron chi connectivity index (χ4n) is 5.96. The summed E-state index contributed by atoms with van der Waals surface area (Å²) in [5.41, 5.74) is 11.9. The quantitative estimate of drug-likeness (QED) is 0.219. The van der Waals surface area contributed by atoms with Crippen molar-refractivity contribution in [3.05, 3.63) is 145 Å². The van der Waals surface area contributed by atoms with Crippen LogP contribution in [0.4, 0.5) is 0 Å². The minimum Gasteiger partial charge on any atom is -0.264 e. The number of hydrogen-bond donors (Lipinski definition) is 0. The van der Waals surface area contributed by atoms with Crippen molar-refractivity contribution in [3.8, 4) is 44.5 Å². The lowest BCUT2D eigenvalue weighted by Gasteiger charge is -2.18. The summed E-state index contributed by atoms with van der Waals surface area (Å²) < 4.78 is 0. The Kier molecular flexibility index (Phi) is 5.94. The van der Waals surface area contributed by atoms with Crippen LogP contribution in [-0.2, 0) is 0 Å². The van der Waals surface area contributed by atoms with E-state index in [0.29, 0.717) is 0 Å². The second kappa shape index (κ2) is 9.91. The van der Waals surface area contributed by atoms with Gasteiger partial charge in [-0.2, -0.15) is 0 Å². The predicted molar refractivity (Wildman–Crippen MR) is 168 cm³/mol. The zero-order valence-electron chi connectivity index (χ0n) is 22.6. The molecule has 190 valence electrons. The Bertz CT molecular complexity index is 1960. The third kappa shape index (κ3) is 4.06. The van der Waals surface area contributed by atoms with E-state index in [1.54, 1.807) is 0 Å². The molecule has 0 bridgehead atoms. The van der Waals surface area contributed by atoms with Gasteiger partial charge in [0.15, 0.2) is 0 Å². The highest BCUT2D eigenvalue weighted by Gasteiger charge is 2.17. The van der Waals surface area contributed by atoms with Gasteiger partial charge in [-0.25, -0.2) is 0 Å². The molecular weight excluding hydrogens is 484 g/mol. The van der Waals surface area contributed by atoms with Gasteiger partial charge in [-0.3, -0.25) is 9.97 Å². The van der Waals surface area contributed by atoms with Crippen molar-refractivity contribution in [2.45, 2.75) is 13.8 Å². The Morgan fingerprint density at radius 1 is 0.450 bits per heavy atom. The molecule has 5 aromatic carbocycles. The molecule has 0 aliphatic rings. The van der Waals surface area contributed by atoms with Crippen LogP contribution in [0, 0.1) is 13.8 Å². The van der Waals surface area contributed by atoms with E-state index in [-0.39, 0.29) is 0 Å². The van der Waals surface area contributed by atoms with Crippen molar-refractivity contribution in [2.75, 3.05) is 0 Å². The monoisotopic (exact) mass is 512 g/mol. The predicted octanol–water partition coefficient (Wildman–Crippen LogP) is 10.1. The summed E-state index contributed by atoms with van der Waals surface area (Å²) in [6, 6.07) is 41.7. The molecule has 40 heavy (non-hydrogen) atoms. The van der Waals surface area contributed by atoms with Crippen molar-refractivity contribution in [3.63, 3.8) is 0 Å². The smallest absolute Gasteiger partial charge is 0.0450 e. The highest BCUT2D eigenvalue weighted by atomic mass is 14.7. The molecule has 0 fully saturated rings. The van der Waals surface area contributed by atoms with Gasteiger partial charge in [0.1, 0.15) is 0 Å². The molecule has 0 unspecified atom stereocenters. The van der Waals surface area contributed by atoms with Crippen LogP contribution in [0.15, 0.2) is 134 Å². The van der Waals surface area contributed by atoms with Gasteiger partial charge in [0.05, 0.1) is 0 Å². The molecule has 2 heteroatoms. The minimum atomic E-state index is 1.04. The molecule has 0 spiro atoms. The summed E-state index contributed by atoms with van der Waals surface area (Å²) in [5, 5.41) is 5.01. The van der Waals surface area contributed by atoms with Crippen LogP contribution in [0.3, 0.4) is 0 Å². The highest BCUT2D eigenvalue weighted by Crippen LogP contribution is 2.44. The van der Waals surface area contributed by atoms with Crippen LogP contribution in [0.2, 0.25) is 0 Å². The van der Waals surface area contributed by atoms with Gasteiger partial charge in [0.2, 0.25) is 0 Å². The zero-order chi connectivity index (χ0) is 27.1. The molecule has 0 saturated carbocycles. The molecule has 0 saturated heterocycles. The fraction of sp³-hybridized carbons (Fsp3) is 0.0526. The standard InChI is InChI=1S/C38H28N2/c1-25-20-22-39-24-36(25)29-9-7-10-30(23-29)38-34-13-5-3-11-32(34)37(33-12-4-6-14-35(33)38)28-18-16-27(17-19-28)31-15-8-21-40-26(31)2/h3-24H,1-2H3. The van der Waals surface area contributed by atoms with E-state index in [1.165, 1.54) is 71.6 Å². The number of fused-ring (bicyclic) bond motifs is 2. The first-order valence-electron chi connectivity index (χ1n) is 13.7. The van der Waals surface area contributed by atoms with E-state index < -0.39 is 0 Å². The van der Waals surface area contributed by atoms with Gasteiger partial charge in [0, 0.05) is 35.4 Å². The molecule has 0 aliphatic heterocycles. The normalized spacial score (nSPS) is 11.2. The largest absolute Gasteiger partial charge is 0.264 e. The maximum Gasteiger partial charge on any atom is 0.0450 e. The van der Waals surface area contributed by atoms with E-state index >= 15 is 0 Å². The Morgan fingerprint density at radius 2 is 1.05 bits per heavy atom. The van der Waals surface area contributed by atoms with Crippen molar-refractivity contribution in [1.82, 2.24) is 9.97 Å². The van der Waals surface area contributed by atoms with Crippen LogP contribution >= 0.6 is 0 Å². The van der Waals surface area contributed by atoms with Gasteiger partial charge >= 0.3 is 0 Å². The maximum absolute atomic E-state index is 4.48. The Morgan fingerprint density at radius 3 is 1.68 bits per heavy atom. The summed E-state index contributed by atoms with van der Waals surface area (Å²) in [4.78, 5) is 8.88. The van der Waals surface area contributed by atoms with E-state index in [0.717, 1.165) is 5.69 Å². The average molecular weight is 513 g/mol. The van der Waals surface area contributed by atoms with Crippen molar-refractivity contribution in [2.24, 2.45) is 0 Å². The molecule has 0 atom stereocenters. The molecule has 7 rings (SSSR count). The van der Waals surface area contributed by atoms with E-state index in [1.807, 2.05) is 24.7 Å².